The first kappa shape index (κ1) is 19.8. The van der Waals surface area contributed by atoms with Crippen LogP contribution in [-0.4, -0.2) is 55.5 Å². The van der Waals surface area contributed by atoms with Crippen LogP contribution >= 0.6 is 0 Å². The minimum atomic E-state index is -4.65. The number of aromatic nitrogens is 3. The van der Waals surface area contributed by atoms with Gasteiger partial charge in [-0.1, -0.05) is 0 Å². The number of rotatable bonds is 2. The lowest BCUT2D eigenvalue weighted by Gasteiger charge is -2.36. The molecule has 0 saturated carbocycles. The number of sulfone groups is 1. The Morgan fingerprint density at radius 2 is 1.69 bits per heavy atom. The van der Waals surface area contributed by atoms with E-state index in [0.29, 0.717) is 61.9 Å². The van der Waals surface area contributed by atoms with Gasteiger partial charge in [0.2, 0.25) is 0 Å². The second-order valence-electron chi connectivity index (χ2n) is 7.02. The average Bonchev–Trinajstić information content (AvgIpc) is 2.66. The van der Waals surface area contributed by atoms with E-state index in [1.807, 2.05) is 4.90 Å². The summed E-state index contributed by atoms with van der Waals surface area (Å²) in [6, 6.07) is 2.16. The van der Waals surface area contributed by atoms with Crippen LogP contribution in [-0.2, 0) is 28.2 Å². The van der Waals surface area contributed by atoms with Gasteiger partial charge in [0.05, 0.1) is 22.8 Å². The fourth-order valence-corrected chi connectivity index (χ4v) is 4.83. The molecule has 156 valence electrons. The minimum Gasteiger partial charge on any atom is -0.352 e. The lowest BCUT2D eigenvalue weighted by atomic mass is 10.2. The number of anilines is 2. The predicted molar refractivity (Wildman–Crippen MR) is 96.8 cm³/mol. The molecule has 1 saturated heterocycles. The van der Waals surface area contributed by atoms with E-state index in [0.717, 1.165) is 0 Å². The van der Waals surface area contributed by atoms with Crippen LogP contribution in [0.25, 0.3) is 0 Å². The van der Waals surface area contributed by atoms with E-state index in [4.69, 9.17) is 0 Å². The summed E-state index contributed by atoms with van der Waals surface area (Å²) < 4.78 is 75.8. The van der Waals surface area contributed by atoms with Gasteiger partial charge in [0.25, 0.3) is 0 Å². The van der Waals surface area contributed by atoms with Gasteiger partial charge in [-0.2, -0.15) is 18.3 Å². The zero-order valence-electron chi connectivity index (χ0n) is 15.2. The summed E-state index contributed by atoms with van der Waals surface area (Å²) in [6.07, 6.45) is -3.68. The molecule has 2 aliphatic heterocycles. The molecular weight excluding hydrogens is 414 g/mol. The number of pyridine rings is 1. The summed E-state index contributed by atoms with van der Waals surface area (Å²) in [5.74, 6) is -0.613. The third kappa shape index (κ3) is 4.11. The summed E-state index contributed by atoms with van der Waals surface area (Å²) in [7, 11) is -3.13. The lowest BCUT2D eigenvalue weighted by Crippen LogP contribution is -2.47. The monoisotopic (exact) mass is 431 g/mol. The van der Waals surface area contributed by atoms with E-state index in [1.54, 1.807) is 11.0 Å². The zero-order valence-corrected chi connectivity index (χ0v) is 16.0. The molecule has 4 rings (SSSR count). The highest BCUT2D eigenvalue weighted by Crippen LogP contribution is 2.31. The molecule has 0 N–H and O–H groups in total. The third-order valence-electron chi connectivity index (χ3n) is 5.02. The second kappa shape index (κ2) is 7.08. The maximum absolute atomic E-state index is 14.1. The molecule has 0 aromatic carbocycles. The normalized spacial score (nSPS) is 19.2. The quantitative estimate of drug-likeness (QED) is 0.672. The van der Waals surface area contributed by atoms with Crippen molar-refractivity contribution in [3.05, 3.63) is 41.0 Å². The standard InChI is InChI=1S/C17H17F4N5O2S/c18-13-8-12(17(19,20)21)9-22-16(13)26-4-2-25(3-5-26)15-7-11-10-29(27,28)6-1-14(11)23-24-15/h7-9H,1-6,10H2. The van der Waals surface area contributed by atoms with Gasteiger partial charge in [-0.15, -0.1) is 5.10 Å². The third-order valence-corrected chi connectivity index (χ3v) is 6.60. The smallest absolute Gasteiger partial charge is 0.352 e. The second-order valence-corrected chi connectivity index (χ2v) is 9.20. The summed E-state index contributed by atoms with van der Waals surface area (Å²) >= 11 is 0. The van der Waals surface area contributed by atoms with E-state index >= 15 is 0 Å². The minimum absolute atomic E-state index is 0.0640. The number of fused-ring (bicyclic) bond motifs is 1. The molecule has 4 heterocycles. The molecule has 29 heavy (non-hydrogen) atoms. The highest BCUT2D eigenvalue weighted by molar-refractivity contribution is 7.90. The zero-order chi connectivity index (χ0) is 20.8. The molecule has 0 unspecified atom stereocenters. The van der Waals surface area contributed by atoms with Crippen molar-refractivity contribution < 1.29 is 26.0 Å². The van der Waals surface area contributed by atoms with Crippen molar-refractivity contribution in [2.45, 2.75) is 18.3 Å². The van der Waals surface area contributed by atoms with Gasteiger partial charge >= 0.3 is 6.18 Å². The van der Waals surface area contributed by atoms with Crippen LogP contribution in [0.4, 0.5) is 29.2 Å². The largest absolute Gasteiger partial charge is 0.417 e. The SMILES string of the molecule is O=S1(=O)CCc2nnc(N3CCN(c4ncc(C(F)(F)F)cc4F)CC3)cc2C1. The van der Waals surface area contributed by atoms with Crippen molar-refractivity contribution in [3.8, 4) is 0 Å². The Hall–Kier alpha value is -2.50. The van der Waals surface area contributed by atoms with Gasteiger partial charge in [0, 0.05) is 38.8 Å². The molecule has 0 radical (unpaired) electrons. The van der Waals surface area contributed by atoms with Crippen molar-refractivity contribution in [3.63, 3.8) is 0 Å². The first-order valence-corrected chi connectivity index (χ1v) is 10.7. The van der Waals surface area contributed by atoms with E-state index in [-0.39, 0.29) is 17.3 Å². The Bertz CT molecular complexity index is 1040. The summed E-state index contributed by atoms with van der Waals surface area (Å²) in [5, 5.41) is 8.30. The van der Waals surface area contributed by atoms with Gasteiger partial charge in [-0.25, -0.2) is 17.8 Å². The van der Waals surface area contributed by atoms with Crippen LogP contribution in [0.2, 0.25) is 0 Å². The highest BCUT2D eigenvalue weighted by atomic mass is 32.2. The van der Waals surface area contributed by atoms with Crippen molar-refractivity contribution in [1.82, 2.24) is 15.2 Å². The van der Waals surface area contributed by atoms with Gasteiger partial charge < -0.3 is 9.80 Å². The molecule has 12 heteroatoms. The van der Waals surface area contributed by atoms with Crippen molar-refractivity contribution in [2.75, 3.05) is 41.7 Å². The van der Waals surface area contributed by atoms with Crippen LogP contribution in [0.15, 0.2) is 18.3 Å². The molecule has 0 amide bonds. The molecule has 1 fully saturated rings. The summed E-state index contributed by atoms with van der Waals surface area (Å²) in [6.45, 7) is 1.49. The molecule has 0 spiro atoms. The maximum atomic E-state index is 14.1. The number of halogens is 4. The van der Waals surface area contributed by atoms with Gasteiger partial charge in [0.15, 0.2) is 27.3 Å². The lowest BCUT2D eigenvalue weighted by molar-refractivity contribution is -0.138. The first-order chi connectivity index (χ1) is 13.6. The Morgan fingerprint density at radius 1 is 1.00 bits per heavy atom. The van der Waals surface area contributed by atoms with E-state index in [2.05, 4.69) is 15.2 Å². The number of alkyl halides is 3. The van der Waals surface area contributed by atoms with E-state index < -0.39 is 27.4 Å². The van der Waals surface area contributed by atoms with E-state index in [1.165, 1.54) is 0 Å². The van der Waals surface area contributed by atoms with Crippen LogP contribution in [0.3, 0.4) is 0 Å². The molecule has 2 aliphatic rings. The van der Waals surface area contributed by atoms with E-state index in [9.17, 15) is 26.0 Å². The molecule has 2 aromatic heterocycles. The molecule has 0 atom stereocenters. The van der Waals surface area contributed by atoms with Gasteiger partial charge in [0.1, 0.15) is 0 Å². The van der Waals surface area contributed by atoms with Crippen LogP contribution in [0.1, 0.15) is 16.8 Å². The van der Waals surface area contributed by atoms with Crippen molar-refractivity contribution >= 4 is 21.5 Å². The molecule has 2 aromatic rings. The molecule has 7 nitrogen and oxygen atoms in total. The number of hydrogen-bond acceptors (Lipinski definition) is 7. The Balaban J connectivity index is 1.46. The van der Waals surface area contributed by atoms with Crippen molar-refractivity contribution in [1.29, 1.82) is 0 Å². The predicted octanol–water partition coefficient (Wildman–Crippen LogP) is 1.83. The van der Waals surface area contributed by atoms with Gasteiger partial charge in [-0.05, 0) is 17.7 Å². The topological polar surface area (TPSA) is 79.3 Å². The molecule has 0 aliphatic carbocycles. The summed E-state index contributed by atoms with van der Waals surface area (Å²) in [4.78, 5) is 7.11. The Morgan fingerprint density at radius 3 is 2.34 bits per heavy atom. The van der Waals surface area contributed by atoms with Crippen LogP contribution in [0, 0.1) is 5.82 Å². The Kier molecular flexibility index (Phi) is 4.83. The number of nitrogens with zero attached hydrogens (tertiary/aromatic N) is 5. The van der Waals surface area contributed by atoms with Crippen LogP contribution in [0.5, 0.6) is 0 Å². The molecular formula is C17H17F4N5O2S. The fraction of sp³-hybridized carbons (Fsp3) is 0.471. The maximum Gasteiger partial charge on any atom is 0.417 e. The number of hydrogen-bond donors (Lipinski definition) is 0. The number of piperazine rings is 1. The van der Waals surface area contributed by atoms with Gasteiger partial charge in [-0.3, -0.25) is 0 Å². The highest BCUT2D eigenvalue weighted by Gasteiger charge is 2.33. The average molecular weight is 431 g/mol. The van der Waals surface area contributed by atoms with Crippen molar-refractivity contribution in [2.24, 2.45) is 0 Å². The summed E-state index contributed by atoms with van der Waals surface area (Å²) in [5.41, 5.74) is 0.189. The fourth-order valence-electron chi connectivity index (χ4n) is 3.46. The number of aryl methyl sites for hydroxylation is 1. The first-order valence-electron chi connectivity index (χ1n) is 8.91. The Labute approximate surface area is 164 Å². The van der Waals surface area contributed by atoms with Crippen LogP contribution < -0.4 is 9.80 Å². The molecule has 0 bridgehead atoms.